The molecule has 2 N–H and O–H groups in total. The molecule has 2 aromatic heterocycles. The quantitative estimate of drug-likeness (QED) is 0.769. The fraction of sp³-hybridized carbons (Fsp3) is 0.571. The summed E-state index contributed by atoms with van der Waals surface area (Å²) in [5, 5.41) is 11.4. The summed E-state index contributed by atoms with van der Waals surface area (Å²) in [6.45, 7) is 7.67. The number of aromatic nitrogens is 4. The number of nitrogens with one attached hydrogen (secondary N) is 2. The first-order chi connectivity index (χ1) is 13.7. The van der Waals surface area contributed by atoms with Gasteiger partial charge in [-0.15, -0.1) is 0 Å². The molecule has 2 fully saturated rings. The van der Waals surface area contributed by atoms with Crippen molar-refractivity contribution >= 4 is 5.95 Å². The van der Waals surface area contributed by atoms with Gasteiger partial charge in [0.25, 0.3) is 0 Å². The second-order valence-electron chi connectivity index (χ2n) is 8.09. The van der Waals surface area contributed by atoms with Gasteiger partial charge in [0, 0.05) is 49.3 Å². The van der Waals surface area contributed by atoms with Gasteiger partial charge in [0.05, 0.1) is 11.9 Å². The standard InChI is InChI=1S/C21H31N7/c1-16(14-28-11-3-4-12-28)24-18-5-7-19(8-6-18)25-21-22-10-9-20(26-21)17-13-23-27(2)15-17/h9-10,13,15,18-19,24H,1,3-8,11-12,14H2,2H3,(H,22,25,26). The molecule has 0 spiro atoms. The molecule has 1 aliphatic carbocycles. The van der Waals surface area contributed by atoms with Gasteiger partial charge in [0.1, 0.15) is 0 Å². The third kappa shape index (κ3) is 4.90. The van der Waals surface area contributed by atoms with Crippen LogP contribution in [0.4, 0.5) is 5.95 Å². The maximum absolute atomic E-state index is 4.66. The predicted octanol–water partition coefficient (Wildman–Crippen LogP) is 2.80. The monoisotopic (exact) mass is 381 g/mol. The molecule has 0 radical (unpaired) electrons. The lowest BCUT2D eigenvalue weighted by Gasteiger charge is -2.31. The van der Waals surface area contributed by atoms with Gasteiger partial charge >= 0.3 is 0 Å². The lowest BCUT2D eigenvalue weighted by molar-refractivity contribution is 0.332. The van der Waals surface area contributed by atoms with Crippen molar-refractivity contribution in [2.24, 2.45) is 7.05 Å². The molecule has 1 saturated heterocycles. The Morgan fingerprint density at radius 2 is 1.93 bits per heavy atom. The Kier molecular flexibility index (Phi) is 5.90. The average Bonchev–Trinajstić information content (AvgIpc) is 3.35. The van der Waals surface area contributed by atoms with Gasteiger partial charge in [-0.1, -0.05) is 6.58 Å². The van der Waals surface area contributed by atoms with Crippen molar-refractivity contribution in [3.8, 4) is 11.3 Å². The van der Waals surface area contributed by atoms with Crippen LogP contribution in [0.1, 0.15) is 38.5 Å². The first kappa shape index (κ1) is 18.9. The minimum atomic E-state index is 0.425. The summed E-state index contributed by atoms with van der Waals surface area (Å²) in [6, 6.07) is 2.89. The average molecular weight is 382 g/mol. The van der Waals surface area contributed by atoms with E-state index in [2.05, 4.69) is 37.2 Å². The van der Waals surface area contributed by atoms with Crippen molar-refractivity contribution in [3.05, 3.63) is 36.9 Å². The lowest BCUT2D eigenvalue weighted by Crippen LogP contribution is -2.39. The third-order valence-electron chi connectivity index (χ3n) is 5.74. The van der Waals surface area contributed by atoms with E-state index in [1.165, 1.54) is 31.6 Å². The Hall–Kier alpha value is -2.41. The normalized spacial score (nSPS) is 22.9. The molecule has 3 heterocycles. The molecule has 28 heavy (non-hydrogen) atoms. The number of hydrogen-bond acceptors (Lipinski definition) is 6. The molecule has 0 unspecified atom stereocenters. The van der Waals surface area contributed by atoms with Gasteiger partial charge in [-0.25, -0.2) is 9.97 Å². The van der Waals surface area contributed by atoms with Crippen LogP contribution in [-0.4, -0.2) is 56.4 Å². The number of likely N-dealkylation sites (tertiary alicyclic amines) is 1. The highest BCUT2D eigenvalue weighted by Gasteiger charge is 2.22. The minimum Gasteiger partial charge on any atom is -0.385 e. The highest BCUT2D eigenvalue weighted by atomic mass is 15.2. The largest absolute Gasteiger partial charge is 0.385 e. The van der Waals surface area contributed by atoms with Gasteiger partial charge in [-0.05, 0) is 57.7 Å². The summed E-state index contributed by atoms with van der Waals surface area (Å²) in [4.78, 5) is 11.6. The van der Waals surface area contributed by atoms with E-state index in [0.717, 1.165) is 43.5 Å². The van der Waals surface area contributed by atoms with Crippen LogP contribution >= 0.6 is 0 Å². The van der Waals surface area contributed by atoms with E-state index < -0.39 is 0 Å². The van der Waals surface area contributed by atoms with E-state index in [0.29, 0.717) is 18.0 Å². The van der Waals surface area contributed by atoms with Crippen LogP contribution in [0.25, 0.3) is 11.3 Å². The van der Waals surface area contributed by atoms with Gasteiger partial charge in [0.15, 0.2) is 0 Å². The summed E-state index contributed by atoms with van der Waals surface area (Å²) < 4.78 is 1.79. The zero-order valence-electron chi connectivity index (χ0n) is 16.8. The molecule has 150 valence electrons. The van der Waals surface area contributed by atoms with Crippen molar-refractivity contribution in [1.82, 2.24) is 30.0 Å². The van der Waals surface area contributed by atoms with Crippen LogP contribution in [0.5, 0.6) is 0 Å². The third-order valence-corrected chi connectivity index (χ3v) is 5.74. The molecule has 0 amide bonds. The summed E-state index contributed by atoms with van der Waals surface area (Å²) in [7, 11) is 1.91. The molecular weight excluding hydrogens is 350 g/mol. The summed E-state index contributed by atoms with van der Waals surface area (Å²) >= 11 is 0. The van der Waals surface area contributed by atoms with E-state index in [9.17, 15) is 0 Å². The number of aryl methyl sites for hydroxylation is 1. The predicted molar refractivity (Wildman–Crippen MR) is 112 cm³/mol. The molecule has 1 saturated carbocycles. The molecule has 0 atom stereocenters. The first-order valence-corrected chi connectivity index (χ1v) is 10.4. The van der Waals surface area contributed by atoms with Crippen LogP contribution in [-0.2, 0) is 7.05 Å². The van der Waals surface area contributed by atoms with Crippen molar-refractivity contribution < 1.29 is 0 Å². The van der Waals surface area contributed by atoms with E-state index >= 15 is 0 Å². The van der Waals surface area contributed by atoms with Crippen molar-refractivity contribution in [2.45, 2.75) is 50.6 Å². The first-order valence-electron chi connectivity index (χ1n) is 10.4. The highest BCUT2D eigenvalue weighted by Crippen LogP contribution is 2.23. The molecule has 0 bridgehead atoms. The Morgan fingerprint density at radius 3 is 2.64 bits per heavy atom. The van der Waals surface area contributed by atoms with E-state index in [1.807, 2.05) is 31.7 Å². The lowest BCUT2D eigenvalue weighted by atomic mass is 9.91. The molecule has 2 aromatic rings. The number of hydrogen-bond donors (Lipinski definition) is 2. The second kappa shape index (κ2) is 8.73. The van der Waals surface area contributed by atoms with E-state index in [4.69, 9.17) is 0 Å². The maximum atomic E-state index is 4.66. The Morgan fingerprint density at radius 1 is 1.18 bits per heavy atom. The Labute approximate surface area is 167 Å². The zero-order chi connectivity index (χ0) is 19.3. The molecule has 4 rings (SSSR count). The second-order valence-corrected chi connectivity index (χ2v) is 8.09. The zero-order valence-corrected chi connectivity index (χ0v) is 16.8. The fourth-order valence-corrected chi connectivity index (χ4v) is 4.25. The van der Waals surface area contributed by atoms with Crippen LogP contribution in [0.3, 0.4) is 0 Å². The van der Waals surface area contributed by atoms with Crippen LogP contribution in [0.15, 0.2) is 36.9 Å². The molecule has 2 aliphatic rings. The van der Waals surface area contributed by atoms with Crippen molar-refractivity contribution in [3.63, 3.8) is 0 Å². The fourth-order valence-electron chi connectivity index (χ4n) is 4.25. The Bertz CT molecular complexity index is 786. The minimum absolute atomic E-state index is 0.425. The van der Waals surface area contributed by atoms with Crippen molar-refractivity contribution in [1.29, 1.82) is 0 Å². The number of nitrogens with zero attached hydrogens (tertiary/aromatic N) is 5. The molecule has 0 aromatic carbocycles. The number of rotatable bonds is 7. The topological polar surface area (TPSA) is 70.9 Å². The summed E-state index contributed by atoms with van der Waals surface area (Å²) in [5.41, 5.74) is 3.09. The van der Waals surface area contributed by atoms with Gasteiger partial charge < -0.3 is 10.6 Å². The van der Waals surface area contributed by atoms with Crippen molar-refractivity contribution in [2.75, 3.05) is 25.0 Å². The van der Waals surface area contributed by atoms with Gasteiger partial charge in [-0.2, -0.15) is 5.10 Å². The number of anilines is 1. The van der Waals surface area contributed by atoms with Crippen LogP contribution in [0, 0.1) is 0 Å². The van der Waals surface area contributed by atoms with E-state index in [-0.39, 0.29) is 0 Å². The highest BCUT2D eigenvalue weighted by molar-refractivity contribution is 5.57. The maximum Gasteiger partial charge on any atom is 0.223 e. The molecule has 1 aliphatic heterocycles. The van der Waals surface area contributed by atoms with E-state index in [1.54, 1.807) is 4.68 Å². The summed E-state index contributed by atoms with van der Waals surface area (Å²) in [6.07, 6.45) is 12.8. The van der Waals surface area contributed by atoms with Gasteiger partial charge in [0.2, 0.25) is 5.95 Å². The Balaban J connectivity index is 1.25. The summed E-state index contributed by atoms with van der Waals surface area (Å²) in [5.74, 6) is 0.705. The van der Waals surface area contributed by atoms with Gasteiger partial charge in [-0.3, -0.25) is 9.58 Å². The molecular formula is C21H31N7. The van der Waals surface area contributed by atoms with Crippen LogP contribution < -0.4 is 10.6 Å². The molecule has 7 nitrogen and oxygen atoms in total. The van der Waals surface area contributed by atoms with Crippen LogP contribution in [0.2, 0.25) is 0 Å². The SMILES string of the molecule is C=C(CN1CCCC1)NC1CCC(Nc2nccc(-c3cnn(C)c3)n2)CC1. The smallest absolute Gasteiger partial charge is 0.223 e. The molecule has 7 heteroatoms.